The molecule has 0 aromatic carbocycles. The lowest BCUT2D eigenvalue weighted by Crippen LogP contribution is -2.20. The number of hydrogen-bond donors (Lipinski definition) is 0. The molecule has 0 aliphatic carbocycles. The Balaban J connectivity index is 2.65. The van der Waals surface area contributed by atoms with Crippen LogP contribution in [0.25, 0.3) is 11.6 Å². The summed E-state index contributed by atoms with van der Waals surface area (Å²) in [5.41, 5.74) is 1.50. The maximum atomic E-state index is 3.81. The van der Waals surface area contributed by atoms with E-state index in [-0.39, 0.29) is 0 Å². The van der Waals surface area contributed by atoms with Gasteiger partial charge in [0, 0.05) is 14.3 Å². The van der Waals surface area contributed by atoms with Gasteiger partial charge in [-0.25, -0.2) is 0 Å². The summed E-state index contributed by atoms with van der Waals surface area (Å²) < 4.78 is 1.41. The first kappa shape index (κ1) is 14.3. The van der Waals surface area contributed by atoms with Gasteiger partial charge in [-0.15, -0.1) is 22.7 Å². The topological polar surface area (TPSA) is 0 Å². The molecule has 0 nitrogen and oxygen atoms in total. The van der Waals surface area contributed by atoms with Gasteiger partial charge in [-0.1, -0.05) is 39.0 Å². The van der Waals surface area contributed by atoms with Crippen molar-refractivity contribution in [2.24, 2.45) is 0 Å². The fraction of sp³-hybridized carbons (Fsp3) is 0.294. The quantitative estimate of drug-likeness (QED) is 0.768. The van der Waals surface area contributed by atoms with Crippen LogP contribution in [-0.2, 0) is 6.42 Å². The molecule has 100 valence electrons. The standard InChI is InChI=1S/C17H20S2/c1-4-7-13-11-12-18-17(13)15(8-5-2)16-10-9-14(6-3)19-16/h4,7,9-12H,1,5-6,8H2,2-3H3/b13-7-,17-15-. The van der Waals surface area contributed by atoms with E-state index in [1.165, 1.54) is 31.5 Å². The molecular weight excluding hydrogens is 268 g/mol. The molecule has 19 heavy (non-hydrogen) atoms. The van der Waals surface area contributed by atoms with Gasteiger partial charge in [0.1, 0.15) is 0 Å². The first-order valence-electron chi connectivity index (χ1n) is 6.78. The predicted octanol–water partition coefficient (Wildman–Crippen LogP) is 4.34. The summed E-state index contributed by atoms with van der Waals surface area (Å²) in [4.78, 5) is 2.90. The number of rotatable bonds is 5. The van der Waals surface area contributed by atoms with Crippen molar-refractivity contribution in [1.82, 2.24) is 0 Å². The van der Waals surface area contributed by atoms with E-state index in [2.05, 4.69) is 50.1 Å². The lowest BCUT2D eigenvalue weighted by Gasteiger charge is -2.02. The number of hydrogen-bond acceptors (Lipinski definition) is 2. The molecule has 2 rings (SSSR count). The third kappa shape index (κ3) is 3.26. The maximum absolute atomic E-state index is 3.81. The van der Waals surface area contributed by atoms with Crippen molar-refractivity contribution in [3.05, 3.63) is 55.7 Å². The number of thiophene rings is 2. The fourth-order valence-corrected chi connectivity index (χ4v) is 4.22. The summed E-state index contributed by atoms with van der Waals surface area (Å²) in [5.74, 6) is 0. The average molecular weight is 288 g/mol. The van der Waals surface area contributed by atoms with Crippen molar-refractivity contribution < 1.29 is 0 Å². The van der Waals surface area contributed by atoms with Gasteiger partial charge in [0.2, 0.25) is 0 Å². The molecule has 0 aliphatic heterocycles. The van der Waals surface area contributed by atoms with E-state index in [0.29, 0.717) is 0 Å². The maximum Gasteiger partial charge on any atom is 0.0388 e. The van der Waals surface area contributed by atoms with Gasteiger partial charge in [-0.05, 0) is 47.2 Å². The number of allylic oxidation sites excluding steroid dienone is 1. The molecule has 0 spiro atoms. The van der Waals surface area contributed by atoms with Gasteiger partial charge in [0.25, 0.3) is 0 Å². The second-order valence-electron chi connectivity index (χ2n) is 4.46. The van der Waals surface area contributed by atoms with Gasteiger partial charge in [0.15, 0.2) is 0 Å². The molecule has 0 saturated heterocycles. The second-order valence-corrected chi connectivity index (χ2v) is 6.54. The monoisotopic (exact) mass is 288 g/mol. The summed E-state index contributed by atoms with van der Waals surface area (Å²) in [5, 5.41) is 3.48. The Kier molecular flexibility index (Phi) is 5.17. The van der Waals surface area contributed by atoms with Gasteiger partial charge >= 0.3 is 0 Å². The minimum atomic E-state index is 1.13. The number of aryl methyl sites for hydroxylation is 1. The summed E-state index contributed by atoms with van der Waals surface area (Å²) in [6.45, 7) is 8.28. The van der Waals surface area contributed by atoms with Crippen LogP contribution in [0.1, 0.15) is 36.4 Å². The summed E-state index contributed by atoms with van der Waals surface area (Å²) in [6, 6.07) is 6.73. The first-order chi connectivity index (χ1) is 9.30. The van der Waals surface area contributed by atoms with E-state index < -0.39 is 0 Å². The van der Waals surface area contributed by atoms with E-state index >= 15 is 0 Å². The molecule has 0 aliphatic rings. The zero-order chi connectivity index (χ0) is 13.7. The van der Waals surface area contributed by atoms with E-state index in [1.54, 1.807) is 0 Å². The molecular formula is C17H20S2. The minimum absolute atomic E-state index is 1.13. The van der Waals surface area contributed by atoms with Crippen molar-refractivity contribution >= 4 is 34.3 Å². The van der Waals surface area contributed by atoms with E-state index in [1.807, 2.05) is 28.7 Å². The van der Waals surface area contributed by atoms with Crippen LogP contribution in [0, 0.1) is 0 Å². The van der Waals surface area contributed by atoms with Crippen LogP contribution in [0.4, 0.5) is 0 Å². The minimum Gasteiger partial charge on any atom is -0.143 e. The smallest absolute Gasteiger partial charge is 0.0388 e. The van der Waals surface area contributed by atoms with Crippen LogP contribution in [0.3, 0.4) is 0 Å². The highest BCUT2D eigenvalue weighted by atomic mass is 32.1. The third-order valence-corrected chi connectivity index (χ3v) is 5.35. The molecule has 0 N–H and O–H groups in total. The molecule has 2 aromatic heterocycles. The molecule has 2 heteroatoms. The van der Waals surface area contributed by atoms with Crippen molar-refractivity contribution in [3.8, 4) is 0 Å². The Hall–Kier alpha value is -1.12. The van der Waals surface area contributed by atoms with Crippen LogP contribution < -0.4 is 9.75 Å². The lowest BCUT2D eigenvalue weighted by molar-refractivity contribution is 0.973. The van der Waals surface area contributed by atoms with Gasteiger partial charge < -0.3 is 0 Å². The van der Waals surface area contributed by atoms with Crippen molar-refractivity contribution in [1.29, 1.82) is 0 Å². The largest absolute Gasteiger partial charge is 0.143 e. The molecule has 0 bridgehead atoms. The summed E-state index contributed by atoms with van der Waals surface area (Å²) >= 11 is 3.78. The molecule has 0 amide bonds. The Bertz CT molecular complexity index is 655. The average Bonchev–Trinajstić information content (AvgIpc) is 3.05. The van der Waals surface area contributed by atoms with Crippen LogP contribution >= 0.6 is 22.7 Å². The Labute approximate surface area is 123 Å². The molecule has 0 saturated carbocycles. The Morgan fingerprint density at radius 1 is 1.26 bits per heavy atom. The SMILES string of the molecule is C=C/C=c1/ccs/c1=C(/CCC)c1ccc(CC)s1. The molecule has 2 aromatic rings. The second kappa shape index (κ2) is 6.88. The van der Waals surface area contributed by atoms with Crippen LogP contribution in [0.5, 0.6) is 0 Å². The van der Waals surface area contributed by atoms with Crippen LogP contribution in [-0.4, -0.2) is 0 Å². The first-order valence-corrected chi connectivity index (χ1v) is 8.48. The van der Waals surface area contributed by atoms with E-state index in [4.69, 9.17) is 0 Å². The molecule has 0 atom stereocenters. The van der Waals surface area contributed by atoms with Crippen molar-refractivity contribution in [2.45, 2.75) is 33.1 Å². The predicted molar refractivity (Wildman–Crippen MR) is 89.3 cm³/mol. The summed E-state index contributed by atoms with van der Waals surface area (Å²) in [6.07, 6.45) is 7.43. The Morgan fingerprint density at radius 3 is 2.74 bits per heavy atom. The van der Waals surface area contributed by atoms with Gasteiger partial charge in [-0.3, -0.25) is 0 Å². The van der Waals surface area contributed by atoms with E-state index in [0.717, 1.165) is 12.8 Å². The molecule has 0 unspecified atom stereocenters. The molecule has 2 heterocycles. The summed E-state index contributed by atoms with van der Waals surface area (Å²) in [7, 11) is 0. The fourth-order valence-electron chi connectivity index (χ4n) is 2.15. The Morgan fingerprint density at radius 2 is 2.11 bits per heavy atom. The van der Waals surface area contributed by atoms with Crippen molar-refractivity contribution in [2.75, 3.05) is 0 Å². The van der Waals surface area contributed by atoms with Crippen LogP contribution in [0.15, 0.2) is 36.2 Å². The van der Waals surface area contributed by atoms with Gasteiger partial charge in [0.05, 0.1) is 0 Å². The third-order valence-electron chi connectivity index (χ3n) is 3.07. The lowest BCUT2D eigenvalue weighted by atomic mass is 10.1. The highest BCUT2D eigenvalue weighted by Gasteiger charge is 2.07. The zero-order valence-corrected chi connectivity index (χ0v) is 13.2. The van der Waals surface area contributed by atoms with Gasteiger partial charge in [-0.2, -0.15) is 0 Å². The highest BCUT2D eigenvalue weighted by Crippen LogP contribution is 2.26. The van der Waals surface area contributed by atoms with E-state index in [9.17, 15) is 0 Å². The van der Waals surface area contributed by atoms with Crippen molar-refractivity contribution in [3.63, 3.8) is 0 Å². The molecule has 0 radical (unpaired) electrons. The van der Waals surface area contributed by atoms with Crippen LogP contribution in [0.2, 0.25) is 0 Å². The molecule has 0 fully saturated rings. The zero-order valence-electron chi connectivity index (χ0n) is 11.6. The normalized spacial score (nSPS) is 13.7. The highest BCUT2D eigenvalue weighted by molar-refractivity contribution is 7.13.